The van der Waals surface area contributed by atoms with E-state index in [1.54, 1.807) is 0 Å². The summed E-state index contributed by atoms with van der Waals surface area (Å²) in [7, 11) is 0. The van der Waals surface area contributed by atoms with Crippen molar-refractivity contribution >= 4 is 5.91 Å². The summed E-state index contributed by atoms with van der Waals surface area (Å²) in [6.45, 7) is 12.2. The summed E-state index contributed by atoms with van der Waals surface area (Å²) in [5.74, 6) is 0.444. The number of primary amides is 1. The second kappa shape index (κ2) is 5.36. The molecule has 1 amide bonds. The van der Waals surface area contributed by atoms with Crippen molar-refractivity contribution in [3.8, 4) is 0 Å². The minimum absolute atomic E-state index is 0.253. The lowest BCUT2D eigenvalue weighted by Crippen LogP contribution is -2.61. The van der Waals surface area contributed by atoms with Crippen LogP contribution in [-0.2, 0) is 4.79 Å². The molecule has 1 saturated heterocycles. The van der Waals surface area contributed by atoms with Crippen LogP contribution >= 0.6 is 0 Å². The minimum atomic E-state index is -0.632. The molecular formula is C13H27N3O. The van der Waals surface area contributed by atoms with Gasteiger partial charge < -0.3 is 11.1 Å². The van der Waals surface area contributed by atoms with Crippen molar-refractivity contribution in [2.75, 3.05) is 13.1 Å². The largest absolute Gasteiger partial charge is 0.368 e. The zero-order valence-electron chi connectivity index (χ0n) is 11.8. The normalized spacial score (nSPS) is 29.5. The fourth-order valence-corrected chi connectivity index (χ4v) is 2.84. The van der Waals surface area contributed by atoms with Crippen LogP contribution in [0.2, 0.25) is 0 Å². The van der Waals surface area contributed by atoms with E-state index in [0.29, 0.717) is 18.5 Å². The van der Waals surface area contributed by atoms with Crippen molar-refractivity contribution in [2.45, 2.75) is 58.7 Å². The lowest BCUT2D eigenvalue weighted by Gasteiger charge is -2.35. The van der Waals surface area contributed by atoms with Gasteiger partial charge in [-0.3, -0.25) is 9.69 Å². The van der Waals surface area contributed by atoms with Crippen LogP contribution < -0.4 is 11.1 Å². The summed E-state index contributed by atoms with van der Waals surface area (Å²) in [5.41, 5.74) is 4.92. The molecule has 3 unspecified atom stereocenters. The quantitative estimate of drug-likeness (QED) is 0.754. The van der Waals surface area contributed by atoms with Crippen molar-refractivity contribution < 1.29 is 4.79 Å². The third kappa shape index (κ3) is 3.68. The Bertz CT molecular complexity index is 280. The van der Waals surface area contributed by atoms with E-state index in [4.69, 9.17) is 5.73 Å². The van der Waals surface area contributed by atoms with Crippen LogP contribution in [0, 0.1) is 5.92 Å². The second-order valence-corrected chi connectivity index (χ2v) is 6.11. The van der Waals surface area contributed by atoms with Gasteiger partial charge in [-0.15, -0.1) is 0 Å². The molecule has 0 spiro atoms. The topological polar surface area (TPSA) is 58.4 Å². The lowest BCUT2D eigenvalue weighted by molar-refractivity contribution is -0.125. The molecule has 4 nitrogen and oxygen atoms in total. The van der Waals surface area contributed by atoms with Gasteiger partial charge in [0.25, 0.3) is 0 Å². The molecule has 3 N–H and O–H groups in total. The molecule has 1 aliphatic heterocycles. The minimum Gasteiger partial charge on any atom is -0.368 e. The smallest absolute Gasteiger partial charge is 0.238 e. The van der Waals surface area contributed by atoms with E-state index >= 15 is 0 Å². The number of hydrogen-bond donors (Lipinski definition) is 2. The Kier molecular flexibility index (Phi) is 4.55. The van der Waals surface area contributed by atoms with Crippen molar-refractivity contribution in [1.29, 1.82) is 0 Å². The number of carbonyl (C=O) groups excluding carboxylic acids is 1. The first-order chi connectivity index (χ1) is 7.74. The van der Waals surface area contributed by atoms with E-state index < -0.39 is 5.54 Å². The standard InChI is InChI=1S/C13H27N3O/c1-9(2)15-13(5,12(14)17)8-16-7-10(3)6-11(16)4/h9-11,15H,6-8H2,1-5H3,(H2,14,17). The molecule has 0 saturated carbocycles. The molecule has 3 atom stereocenters. The van der Waals surface area contributed by atoms with Crippen molar-refractivity contribution in [3.05, 3.63) is 0 Å². The highest BCUT2D eigenvalue weighted by Crippen LogP contribution is 2.24. The number of nitrogens with zero attached hydrogens (tertiary/aromatic N) is 1. The van der Waals surface area contributed by atoms with Gasteiger partial charge in [-0.2, -0.15) is 0 Å². The molecule has 0 radical (unpaired) electrons. The fraction of sp³-hybridized carbons (Fsp3) is 0.923. The number of amides is 1. The van der Waals surface area contributed by atoms with Gasteiger partial charge in [0, 0.05) is 25.2 Å². The molecule has 0 aliphatic carbocycles. The van der Waals surface area contributed by atoms with Crippen LogP contribution in [-0.4, -0.2) is 41.5 Å². The highest BCUT2D eigenvalue weighted by Gasteiger charge is 2.37. The van der Waals surface area contributed by atoms with Crippen LogP contribution in [0.5, 0.6) is 0 Å². The van der Waals surface area contributed by atoms with Crippen LogP contribution in [0.25, 0.3) is 0 Å². The molecule has 4 heteroatoms. The molecule has 1 heterocycles. The maximum absolute atomic E-state index is 11.7. The molecular weight excluding hydrogens is 214 g/mol. The second-order valence-electron chi connectivity index (χ2n) is 6.11. The van der Waals surface area contributed by atoms with Crippen LogP contribution in [0.4, 0.5) is 0 Å². The monoisotopic (exact) mass is 241 g/mol. The molecule has 1 rings (SSSR count). The average molecular weight is 241 g/mol. The zero-order valence-corrected chi connectivity index (χ0v) is 11.8. The number of nitrogens with one attached hydrogen (secondary N) is 1. The highest BCUT2D eigenvalue weighted by atomic mass is 16.1. The molecule has 100 valence electrons. The molecule has 0 aromatic heterocycles. The summed E-state index contributed by atoms with van der Waals surface area (Å²) >= 11 is 0. The van der Waals surface area contributed by atoms with Crippen LogP contribution in [0.1, 0.15) is 41.0 Å². The molecule has 0 bridgehead atoms. The van der Waals surface area contributed by atoms with Crippen molar-refractivity contribution in [2.24, 2.45) is 11.7 Å². The maximum atomic E-state index is 11.7. The first-order valence-corrected chi connectivity index (χ1v) is 6.56. The fourth-order valence-electron chi connectivity index (χ4n) is 2.84. The van der Waals surface area contributed by atoms with E-state index in [1.807, 2.05) is 20.8 Å². The molecule has 0 aromatic carbocycles. The van der Waals surface area contributed by atoms with Crippen LogP contribution in [0.15, 0.2) is 0 Å². The van der Waals surface area contributed by atoms with Gasteiger partial charge in [-0.25, -0.2) is 0 Å². The number of carbonyl (C=O) groups is 1. The third-order valence-electron chi connectivity index (χ3n) is 3.58. The third-order valence-corrected chi connectivity index (χ3v) is 3.58. The van der Waals surface area contributed by atoms with Gasteiger partial charge in [0.05, 0.1) is 0 Å². The molecule has 1 fully saturated rings. The van der Waals surface area contributed by atoms with Gasteiger partial charge in [0.1, 0.15) is 5.54 Å². The zero-order chi connectivity index (χ0) is 13.2. The number of nitrogens with two attached hydrogens (primary N) is 1. The van der Waals surface area contributed by atoms with Gasteiger partial charge in [-0.05, 0) is 40.0 Å². The predicted molar refractivity (Wildman–Crippen MR) is 70.7 cm³/mol. The van der Waals surface area contributed by atoms with Gasteiger partial charge in [0.15, 0.2) is 0 Å². The van der Waals surface area contributed by atoms with Crippen LogP contribution in [0.3, 0.4) is 0 Å². The highest BCUT2D eigenvalue weighted by molar-refractivity contribution is 5.84. The predicted octanol–water partition coefficient (Wildman–Crippen LogP) is 0.959. The SMILES string of the molecule is CC1CC(C)N(CC(C)(NC(C)C)C(N)=O)C1. The van der Waals surface area contributed by atoms with E-state index in [9.17, 15) is 4.79 Å². The van der Waals surface area contributed by atoms with Gasteiger partial charge >= 0.3 is 0 Å². The number of hydrogen-bond acceptors (Lipinski definition) is 3. The summed E-state index contributed by atoms with van der Waals surface area (Å²) in [4.78, 5) is 14.0. The molecule has 0 aromatic rings. The van der Waals surface area contributed by atoms with Crippen molar-refractivity contribution in [1.82, 2.24) is 10.2 Å². The summed E-state index contributed by atoms with van der Waals surface area (Å²) in [6, 6.07) is 0.792. The number of likely N-dealkylation sites (tertiary alicyclic amines) is 1. The van der Waals surface area contributed by atoms with Crippen molar-refractivity contribution in [3.63, 3.8) is 0 Å². The Labute approximate surface area is 105 Å². The Morgan fingerprint density at radius 1 is 1.53 bits per heavy atom. The van der Waals surface area contributed by atoms with Gasteiger partial charge in [0.2, 0.25) is 5.91 Å². The first-order valence-electron chi connectivity index (χ1n) is 6.56. The van der Waals surface area contributed by atoms with E-state index in [0.717, 1.165) is 6.54 Å². The summed E-state index contributed by atoms with van der Waals surface area (Å²) in [5, 5.41) is 3.30. The Morgan fingerprint density at radius 3 is 2.47 bits per heavy atom. The lowest BCUT2D eigenvalue weighted by atomic mass is 9.99. The van der Waals surface area contributed by atoms with E-state index in [1.165, 1.54) is 6.42 Å². The maximum Gasteiger partial charge on any atom is 0.238 e. The Hall–Kier alpha value is -0.610. The summed E-state index contributed by atoms with van der Waals surface area (Å²) in [6.07, 6.45) is 1.20. The Morgan fingerprint density at radius 2 is 2.12 bits per heavy atom. The Balaban J connectivity index is 2.70. The average Bonchev–Trinajstić information content (AvgIpc) is 2.43. The van der Waals surface area contributed by atoms with Gasteiger partial charge in [-0.1, -0.05) is 6.92 Å². The summed E-state index contributed by atoms with van der Waals surface area (Å²) < 4.78 is 0. The van der Waals surface area contributed by atoms with E-state index in [-0.39, 0.29) is 11.9 Å². The first kappa shape index (κ1) is 14.5. The molecule has 17 heavy (non-hydrogen) atoms. The molecule has 1 aliphatic rings. The van der Waals surface area contributed by atoms with E-state index in [2.05, 4.69) is 24.1 Å². The number of rotatable bonds is 5.